The maximum absolute atomic E-state index is 13.5. The minimum Gasteiger partial charge on any atom is -0.378 e. The van der Waals surface area contributed by atoms with Gasteiger partial charge in [0.2, 0.25) is 11.9 Å². The van der Waals surface area contributed by atoms with Crippen molar-refractivity contribution < 1.29 is 9.13 Å². The lowest BCUT2D eigenvalue weighted by atomic mass is 10.2. The Morgan fingerprint density at radius 1 is 1.20 bits per heavy atom. The average molecular weight is 474 g/mol. The molecule has 1 aliphatic rings. The molecule has 1 fully saturated rings. The standard InChI is InChI=1S/C18H17BrFN9O/c19-13-9-22-29-16(13)24-18(28-4-6-30-7-5-28)25-17(29)21-10-14-23-15(27-26-14)11-2-1-3-12(20)8-11/h1-3,8-9H,4-7,10H2,(H,21,24,25)(H,23,26,27). The summed E-state index contributed by atoms with van der Waals surface area (Å²) in [7, 11) is 0. The first kappa shape index (κ1) is 18.9. The average Bonchev–Trinajstić information content (AvgIpc) is 3.40. The van der Waals surface area contributed by atoms with Crippen molar-refractivity contribution in [3.63, 3.8) is 0 Å². The zero-order valence-corrected chi connectivity index (χ0v) is 17.3. The van der Waals surface area contributed by atoms with Crippen LogP contribution in [0.15, 0.2) is 34.9 Å². The van der Waals surface area contributed by atoms with Gasteiger partial charge in [-0.3, -0.25) is 5.10 Å². The third kappa shape index (κ3) is 3.71. The van der Waals surface area contributed by atoms with Gasteiger partial charge in [-0.1, -0.05) is 12.1 Å². The Balaban J connectivity index is 1.40. The summed E-state index contributed by atoms with van der Waals surface area (Å²) in [6.07, 6.45) is 1.68. The molecular formula is C18H17BrFN9O. The minimum atomic E-state index is -0.333. The van der Waals surface area contributed by atoms with Crippen molar-refractivity contribution in [1.82, 2.24) is 34.8 Å². The second-order valence-corrected chi connectivity index (χ2v) is 7.50. The van der Waals surface area contributed by atoms with Crippen molar-refractivity contribution >= 4 is 33.5 Å². The highest BCUT2D eigenvalue weighted by atomic mass is 79.9. The quantitative estimate of drug-likeness (QED) is 0.454. The molecule has 1 saturated heterocycles. The summed E-state index contributed by atoms with van der Waals surface area (Å²) in [5, 5.41) is 14.6. The van der Waals surface area contributed by atoms with Crippen LogP contribution in [0, 0.1) is 5.82 Å². The summed E-state index contributed by atoms with van der Waals surface area (Å²) in [6.45, 7) is 3.05. The summed E-state index contributed by atoms with van der Waals surface area (Å²) in [5.41, 5.74) is 1.26. The molecule has 4 heterocycles. The van der Waals surface area contributed by atoms with Crippen molar-refractivity contribution in [2.24, 2.45) is 0 Å². The Bertz CT molecular complexity index is 1190. The fourth-order valence-electron chi connectivity index (χ4n) is 3.15. The molecule has 12 heteroatoms. The van der Waals surface area contributed by atoms with Crippen LogP contribution in [0.5, 0.6) is 0 Å². The summed E-state index contributed by atoms with van der Waals surface area (Å²) in [5.74, 6) is 1.80. The fourth-order valence-corrected chi connectivity index (χ4v) is 3.50. The SMILES string of the molecule is Fc1cccc(-c2n[nH]c(CNc3nc(N4CCOCC4)nc4c(Br)cnn34)n2)c1. The van der Waals surface area contributed by atoms with E-state index in [1.807, 2.05) is 0 Å². The van der Waals surface area contributed by atoms with E-state index < -0.39 is 0 Å². The number of morpholine rings is 1. The number of aromatic amines is 1. The maximum atomic E-state index is 13.5. The number of aromatic nitrogens is 7. The molecule has 154 valence electrons. The summed E-state index contributed by atoms with van der Waals surface area (Å²) < 4.78 is 21.3. The van der Waals surface area contributed by atoms with Crippen molar-refractivity contribution in [3.05, 3.63) is 46.6 Å². The van der Waals surface area contributed by atoms with Gasteiger partial charge in [-0.2, -0.15) is 24.7 Å². The molecule has 10 nitrogen and oxygen atoms in total. The number of ether oxygens (including phenoxy) is 1. The van der Waals surface area contributed by atoms with Crippen LogP contribution < -0.4 is 10.2 Å². The second-order valence-electron chi connectivity index (χ2n) is 6.64. The van der Waals surface area contributed by atoms with Crippen LogP contribution in [-0.2, 0) is 11.3 Å². The van der Waals surface area contributed by atoms with Crippen molar-refractivity contribution in [1.29, 1.82) is 0 Å². The van der Waals surface area contributed by atoms with Gasteiger partial charge in [0.05, 0.1) is 30.4 Å². The number of H-pyrrole nitrogens is 1. The third-order valence-corrected chi connectivity index (χ3v) is 5.20. The Hall–Kier alpha value is -3.12. The van der Waals surface area contributed by atoms with E-state index in [0.29, 0.717) is 54.5 Å². The minimum absolute atomic E-state index is 0.328. The molecule has 0 atom stereocenters. The highest BCUT2D eigenvalue weighted by Gasteiger charge is 2.19. The molecule has 2 N–H and O–H groups in total. The molecular weight excluding hydrogens is 457 g/mol. The zero-order valence-electron chi connectivity index (χ0n) is 15.7. The van der Waals surface area contributed by atoms with E-state index in [4.69, 9.17) is 4.74 Å². The summed E-state index contributed by atoms with van der Waals surface area (Å²) in [6, 6.07) is 6.16. The molecule has 5 rings (SSSR count). The number of benzene rings is 1. The number of nitrogens with zero attached hydrogens (tertiary/aromatic N) is 7. The normalized spacial score (nSPS) is 14.4. The van der Waals surface area contributed by atoms with Gasteiger partial charge in [-0.05, 0) is 28.1 Å². The molecule has 0 radical (unpaired) electrons. The molecule has 0 aliphatic carbocycles. The number of rotatable bonds is 5. The first-order valence-corrected chi connectivity index (χ1v) is 10.1. The van der Waals surface area contributed by atoms with E-state index in [-0.39, 0.29) is 5.82 Å². The molecule has 0 spiro atoms. The van der Waals surface area contributed by atoms with Gasteiger partial charge >= 0.3 is 0 Å². The molecule has 0 amide bonds. The smallest absolute Gasteiger partial charge is 0.230 e. The van der Waals surface area contributed by atoms with Gasteiger partial charge in [-0.25, -0.2) is 9.37 Å². The van der Waals surface area contributed by atoms with Crippen molar-refractivity contribution in [3.8, 4) is 11.4 Å². The molecule has 4 aromatic rings. The van der Waals surface area contributed by atoms with Crippen LogP contribution in [0.4, 0.5) is 16.3 Å². The van der Waals surface area contributed by atoms with E-state index in [1.54, 1.807) is 22.8 Å². The van der Waals surface area contributed by atoms with Crippen molar-refractivity contribution in [2.75, 3.05) is 36.5 Å². The highest BCUT2D eigenvalue weighted by molar-refractivity contribution is 9.10. The molecule has 1 aromatic carbocycles. The molecule has 0 unspecified atom stereocenters. The number of hydrogen-bond acceptors (Lipinski definition) is 8. The molecule has 0 saturated carbocycles. The molecule has 30 heavy (non-hydrogen) atoms. The van der Waals surface area contributed by atoms with Crippen LogP contribution in [0.1, 0.15) is 5.82 Å². The predicted molar refractivity (Wildman–Crippen MR) is 111 cm³/mol. The molecule has 1 aliphatic heterocycles. The van der Waals surface area contributed by atoms with E-state index >= 15 is 0 Å². The van der Waals surface area contributed by atoms with E-state index in [1.165, 1.54) is 12.1 Å². The highest BCUT2D eigenvalue weighted by Crippen LogP contribution is 2.22. The number of anilines is 2. The van der Waals surface area contributed by atoms with E-state index in [9.17, 15) is 4.39 Å². The number of nitrogens with one attached hydrogen (secondary N) is 2. The topological polar surface area (TPSA) is 109 Å². The monoisotopic (exact) mass is 473 g/mol. The van der Waals surface area contributed by atoms with Crippen LogP contribution >= 0.6 is 15.9 Å². The summed E-state index contributed by atoms with van der Waals surface area (Å²) in [4.78, 5) is 15.8. The number of halogens is 2. The fraction of sp³-hybridized carbons (Fsp3) is 0.278. The molecule has 0 bridgehead atoms. The Kier molecular flexibility index (Phi) is 5.01. The van der Waals surface area contributed by atoms with Crippen LogP contribution in [-0.4, -0.2) is 61.1 Å². The Morgan fingerprint density at radius 3 is 2.90 bits per heavy atom. The van der Waals surface area contributed by atoms with Crippen LogP contribution in [0.2, 0.25) is 0 Å². The summed E-state index contributed by atoms with van der Waals surface area (Å²) >= 11 is 3.49. The number of fused-ring (bicyclic) bond motifs is 1. The number of hydrogen-bond donors (Lipinski definition) is 2. The van der Waals surface area contributed by atoms with Gasteiger partial charge in [0.15, 0.2) is 11.5 Å². The van der Waals surface area contributed by atoms with Crippen LogP contribution in [0.25, 0.3) is 17.0 Å². The maximum Gasteiger partial charge on any atom is 0.230 e. The second kappa shape index (κ2) is 7.95. The first-order valence-electron chi connectivity index (χ1n) is 9.32. The lowest BCUT2D eigenvalue weighted by Gasteiger charge is -2.27. The Morgan fingerprint density at radius 2 is 2.07 bits per heavy atom. The van der Waals surface area contributed by atoms with Gasteiger partial charge in [-0.15, -0.1) is 0 Å². The first-order chi connectivity index (χ1) is 14.7. The molecule has 3 aromatic heterocycles. The Labute approximate surface area is 178 Å². The van der Waals surface area contributed by atoms with E-state index in [2.05, 4.69) is 56.4 Å². The van der Waals surface area contributed by atoms with Crippen molar-refractivity contribution in [2.45, 2.75) is 6.54 Å². The largest absolute Gasteiger partial charge is 0.378 e. The predicted octanol–water partition coefficient (Wildman–Crippen LogP) is 2.26. The zero-order chi connectivity index (χ0) is 20.5. The van der Waals surface area contributed by atoms with Gasteiger partial charge < -0.3 is 15.0 Å². The third-order valence-electron chi connectivity index (χ3n) is 4.64. The van der Waals surface area contributed by atoms with Gasteiger partial charge in [0.25, 0.3) is 0 Å². The lowest BCUT2D eigenvalue weighted by Crippen LogP contribution is -2.37. The van der Waals surface area contributed by atoms with Gasteiger partial charge in [0, 0.05) is 18.7 Å². The lowest BCUT2D eigenvalue weighted by molar-refractivity contribution is 0.122. The van der Waals surface area contributed by atoms with E-state index in [0.717, 1.165) is 17.6 Å². The van der Waals surface area contributed by atoms with Gasteiger partial charge in [0.1, 0.15) is 11.6 Å². The van der Waals surface area contributed by atoms with Crippen LogP contribution in [0.3, 0.4) is 0 Å².